The summed E-state index contributed by atoms with van der Waals surface area (Å²) in [6.45, 7) is 0. The van der Waals surface area contributed by atoms with E-state index >= 15 is 0 Å². The fourth-order valence-electron chi connectivity index (χ4n) is 2.05. The maximum atomic E-state index is 12.3. The van der Waals surface area contributed by atoms with E-state index in [-0.39, 0.29) is 28.5 Å². The molecule has 0 bridgehead atoms. The van der Waals surface area contributed by atoms with Crippen LogP contribution in [0.15, 0.2) is 48.6 Å². The molecule has 0 aliphatic heterocycles. The van der Waals surface area contributed by atoms with E-state index in [1.165, 1.54) is 18.6 Å². The highest BCUT2D eigenvalue weighted by Gasteiger charge is 2.27. The molecule has 0 fully saturated rings. The zero-order chi connectivity index (χ0) is 14.8. The molecular weight excluding hydrogens is 270 g/mol. The van der Waals surface area contributed by atoms with Crippen LogP contribution in [0.4, 0.5) is 5.69 Å². The molecule has 1 aromatic heterocycles. The summed E-state index contributed by atoms with van der Waals surface area (Å²) in [5.41, 5.74) is 1.18. The van der Waals surface area contributed by atoms with E-state index in [1.54, 1.807) is 31.4 Å². The molecule has 0 unspecified atom stereocenters. The van der Waals surface area contributed by atoms with Crippen molar-refractivity contribution < 1.29 is 14.3 Å². The smallest absolute Gasteiger partial charge is 0.213 e. The average Bonchev–Trinajstić information content (AvgIpc) is 2.52. The number of fused-ring (bicyclic) bond motifs is 1. The Morgan fingerprint density at radius 2 is 2.10 bits per heavy atom. The van der Waals surface area contributed by atoms with Gasteiger partial charge in [-0.3, -0.25) is 9.59 Å². The summed E-state index contributed by atoms with van der Waals surface area (Å²) in [5.74, 6) is 0.0179. The molecule has 1 N–H and O–H groups in total. The molecule has 1 aliphatic rings. The van der Waals surface area contributed by atoms with Gasteiger partial charge in [0.05, 0.1) is 18.4 Å². The lowest BCUT2D eigenvalue weighted by atomic mass is 9.98. The zero-order valence-corrected chi connectivity index (χ0v) is 11.2. The number of allylic oxidation sites excluding steroid dienone is 2. The third-order valence-electron chi connectivity index (χ3n) is 3.06. The minimum atomic E-state index is -0.322. The zero-order valence-electron chi connectivity index (χ0n) is 11.2. The van der Waals surface area contributed by atoms with Gasteiger partial charge in [0.2, 0.25) is 11.6 Å². The molecule has 0 atom stereocenters. The second-order valence-corrected chi connectivity index (χ2v) is 4.39. The number of Topliss-reactive ketones (excluding diaryl/α,β-unsaturated/α-hetero) is 1. The summed E-state index contributed by atoms with van der Waals surface area (Å²) in [6.07, 6.45) is 3.85. The van der Waals surface area contributed by atoms with E-state index in [0.717, 1.165) is 0 Å². The minimum absolute atomic E-state index is 0.131. The molecule has 21 heavy (non-hydrogen) atoms. The first kappa shape index (κ1) is 13.0. The van der Waals surface area contributed by atoms with Crippen molar-refractivity contribution in [1.82, 2.24) is 9.97 Å². The van der Waals surface area contributed by atoms with Gasteiger partial charge in [-0.2, -0.15) is 0 Å². The number of carbonyl (C=O) groups excluding carboxylic acids is 2. The number of anilines is 1. The number of methoxy groups -OCH3 is 1. The molecule has 0 amide bonds. The van der Waals surface area contributed by atoms with E-state index in [1.807, 2.05) is 0 Å². The van der Waals surface area contributed by atoms with Crippen LogP contribution in [0.5, 0.6) is 5.75 Å². The van der Waals surface area contributed by atoms with Crippen molar-refractivity contribution in [3.63, 3.8) is 0 Å². The first-order chi connectivity index (χ1) is 10.2. The van der Waals surface area contributed by atoms with Gasteiger partial charge in [0, 0.05) is 24.0 Å². The van der Waals surface area contributed by atoms with Crippen LogP contribution in [0.2, 0.25) is 0 Å². The van der Waals surface area contributed by atoms with Crippen molar-refractivity contribution in [2.45, 2.75) is 0 Å². The van der Waals surface area contributed by atoms with Crippen molar-refractivity contribution >= 4 is 17.3 Å². The van der Waals surface area contributed by atoms with Gasteiger partial charge < -0.3 is 10.1 Å². The first-order valence-electron chi connectivity index (χ1n) is 6.21. The van der Waals surface area contributed by atoms with Gasteiger partial charge in [-0.1, -0.05) is 6.07 Å². The Morgan fingerprint density at radius 3 is 2.90 bits per heavy atom. The molecule has 0 saturated heterocycles. The largest absolute Gasteiger partial charge is 0.497 e. The Balaban J connectivity index is 1.93. The van der Waals surface area contributed by atoms with E-state index in [0.29, 0.717) is 11.4 Å². The van der Waals surface area contributed by atoms with E-state index in [9.17, 15) is 9.59 Å². The molecule has 2 aromatic rings. The molecule has 0 spiro atoms. The Morgan fingerprint density at radius 1 is 1.24 bits per heavy atom. The highest BCUT2D eigenvalue weighted by molar-refractivity contribution is 6.24. The summed E-state index contributed by atoms with van der Waals surface area (Å²) in [7, 11) is 1.56. The van der Waals surface area contributed by atoms with E-state index < -0.39 is 0 Å². The molecule has 0 radical (unpaired) electrons. The van der Waals surface area contributed by atoms with Gasteiger partial charge in [-0.15, -0.1) is 0 Å². The van der Waals surface area contributed by atoms with Gasteiger partial charge in [-0.25, -0.2) is 9.97 Å². The Bertz CT molecular complexity index is 768. The Kier molecular flexibility index (Phi) is 3.19. The lowest BCUT2D eigenvalue weighted by Crippen LogP contribution is -2.22. The van der Waals surface area contributed by atoms with Crippen LogP contribution in [0.25, 0.3) is 0 Å². The van der Waals surface area contributed by atoms with Gasteiger partial charge in [0.15, 0.2) is 0 Å². The molecule has 1 heterocycles. The summed E-state index contributed by atoms with van der Waals surface area (Å²) >= 11 is 0. The summed E-state index contributed by atoms with van der Waals surface area (Å²) < 4.78 is 5.12. The maximum absolute atomic E-state index is 12.3. The van der Waals surface area contributed by atoms with Crippen molar-refractivity contribution in [3.05, 3.63) is 59.8 Å². The predicted octanol–water partition coefficient (Wildman–Crippen LogP) is 1.86. The fraction of sp³-hybridized carbons (Fsp3) is 0.0667. The average molecular weight is 281 g/mol. The number of ether oxygens (including phenoxy) is 1. The van der Waals surface area contributed by atoms with Crippen LogP contribution in [0.3, 0.4) is 0 Å². The Hall–Kier alpha value is -3.02. The predicted molar refractivity (Wildman–Crippen MR) is 75.4 cm³/mol. The maximum Gasteiger partial charge on any atom is 0.213 e. The molecule has 3 rings (SSSR count). The molecular formula is C15H11N3O3. The van der Waals surface area contributed by atoms with Gasteiger partial charge in [-0.05, 0) is 12.1 Å². The number of aromatic nitrogens is 2. The monoisotopic (exact) mass is 281 g/mol. The lowest BCUT2D eigenvalue weighted by Gasteiger charge is -2.15. The van der Waals surface area contributed by atoms with Crippen molar-refractivity contribution in [3.8, 4) is 5.75 Å². The second kappa shape index (κ2) is 5.16. The molecule has 1 aliphatic carbocycles. The topological polar surface area (TPSA) is 81.2 Å². The van der Waals surface area contributed by atoms with Crippen LogP contribution >= 0.6 is 0 Å². The number of nitrogens with one attached hydrogen (secondary N) is 1. The number of hydrogen-bond acceptors (Lipinski definition) is 6. The second-order valence-electron chi connectivity index (χ2n) is 4.39. The SMILES string of the molecule is COc1cccc(NC2=CC(=O)c3ncncc3C2=O)c1. The normalized spacial score (nSPS) is 13.5. The van der Waals surface area contributed by atoms with Crippen molar-refractivity contribution in [1.29, 1.82) is 0 Å². The number of rotatable bonds is 3. The van der Waals surface area contributed by atoms with Crippen LogP contribution in [0.1, 0.15) is 20.8 Å². The highest BCUT2D eigenvalue weighted by atomic mass is 16.5. The quantitative estimate of drug-likeness (QED) is 0.924. The molecule has 104 valence electrons. The number of ketones is 2. The highest BCUT2D eigenvalue weighted by Crippen LogP contribution is 2.23. The third-order valence-corrected chi connectivity index (χ3v) is 3.06. The molecule has 1 aromatic carbocycles. The van der Waals surface area contributed by atoms with Gasteiger partial charge >= 0.3 is 0 Å². The van der Waals surface area contributed by atoms with Crippen LogP contribution in [-0.4, -0.2) is 28.6 Å². The minimum Gasteiger partial charge on any atom is -0.497 e. The Labute approximate surface area is 120 Å². The number of carbonyl (C=O) groups is 2. The lowest BCUT2D eigenvalue weighted by molar-refractivity contribution is 0.0981. The van der Waals surface area contributed by atoms with Gasteiger partial charge in [0.1, 0.15) is 17.8 Å². The summed E-state index contributed by atoms with van der Waals surface area (Å²) in [5, 5.41) is 2.93. The van der Waals surface area contributed by atoms with Crippen LogP contribution in [-0.2, 0) is 0 Å². The summed E-state index contributed by atoms with van der Waals surface area (Å²) in [4.78, 5) is 31.9. The number of hydrogen-bond donors (Lipinski definition) is 1. The molecule has 6 heteroatoms. The van der Waals surface area contributed by atoms with Crippen molar-refractivity contribution in [2.75, 3.05) is 12.4 Å². The third kappa shape index (κ3) is 2.38. The van der Waals surface area contributed by atoms with Crippen LogP contribution in [0, 0.1) is 0 Å². The van der Waals surface area contributed by atoms with Crippen molar-refractivity contribution in [2.24, 2.45) is 0 Å². The molecule has 6 nitrogen and oxygen atoms in total. The summed E-state index contributed by atoms with van der Waals surface area (Å²) in [6, 6.07) is 7.08. The van der Waals surface area contributed by atoms with Crippen LogP contribution < -0.4 is 10.1 Å². The standard InChI is InChI=1S/C15H11N3O3/c1-21-10-4-2-3-9(5-10)18-12-6-13(19)14-11(15(12)20)7-16-8-17-14/h2-8,18H,1H3. The van der Waals surface area contributed by atoms with E-state index in [4.69, 9.17) is 4.74 Å². The first-order valence-corrected chi connectivity index (χ1v) is 6.21. The fourth-order valence-corrected chi connectivity index (χ4v) is 2.05. The van der Waals surface area contributed by atoms with E-state index in [2.05, 4.69) is 15.3 Å². The number of nitrogens with zero attached hydrogens (tertiary/aromatic N) is 2. The van der Waals surface area contributed by atoms with Gasteiger partial charge in [0.25, 0.3) is 0 Å². The number of benzene rings is 1. The molecule has 0 saturated carbocycles.